The molecule has 25 heavy (non-hydrogen) atoms. The minimum atomic E-state index is -0.985. The van der Waals surface area contributed by atoms with Crippen molar-refractivity contribution in [1.29, 1.82) is 5.26 Å². The topological polar surface area (TPSA) is 82.2 Å². The number of carboxylic acids is 1. The number of aromatic nitrogens is 2. The van der Waals surface area contributed by atoms with Gasteiger partial charge in [-0.1, -0.05) is 0 Å². The van der Waals surface area contributed by atoms with Crippen LogP contribution in [0.25, 0.3) is 21.5 Å². The number of fused-ring (bicyclic) bond motifs is 3. The van der Waals surface area contributed by atoms with Crippen LogP contribution < -0.4 is 0 Å². The van der Waals surface area contributed by atoms with Crippen LogP contribution in [0.2, 0.25) is 0 Å². The predicted octanol–water partition coefficient (Wildman–Crippen LogP) is 3.34. The molecule has 1 aliphatic heterocycles. The number of benzene rings is 1. The highest BCUT2D eigenvalue weighted by Crippen LogP contribution is 2.35. The van der Waals surface area contributed by atoms with Gasteiger partial charge in [0.1, 0.15) is 16.0 Å². The van der Waals surface area contributed by atoms with Gasteiger partial charge in [0.25, 0.3) is 0 Å². The molecule has 6 nitrogen and oxygen atoms in total. The number of nitrogens with zero attached hydrogens (tertiary/aromatic N) is 4. The third-order valence-electron chi connectivity index (χ3n) is 4.54. The molecule has 0 bridgehead atoms. The van der Waals surface area contributed by atoms with Crippen LogP contribution in [0.1, 0.15) is 33.9 Å². The van der Waals surface area contributed by atoms with Gasteiger partial charge in [-0.25, -0.2) is 9.78 Å². The van der Waals surface area contributed by atoms with Crippen LogP contribution in [0.5, 0.6) is 0 Å². The van der Waals surface area contributed by atoms with Gasteiger partial charge in [0.2, 0.25) is 0 Å². The maximum Gasteiger partial charge on any atom is 0.347 e. The van der Waals surface area contributed by atoms with Crippen molar-refractivity contribution >= 4 is 28.2 Å². The molecular formula is C18H16N4O2S. The summed E-state index contributed by atoms with van der Waals surface area (Å²) in [7, 11) is 2.09. The number of thiazole rings is 1. The fourth-order valence-electron chi connectivity index (χ4n) is 3.64. The van der Waals surface area contributed by atoms with E-state index in [1.807, 2.05) is 12.1 Å². The zero-order valence-corrected chi connectivity index (χ0v) is 14.7. The molecule has 0 spiro atoms. The molecule has 126 valence electrons. The number of hydrogen-bond donors (Lipinski definition) is 1. The highest BCUT2D eigenvalue weighted by atomic mass is 32.1. The molecule has 1 N–H and O–H groups in total. The quantitative estimate of drug-likeness (QED) is 0.765. The van der Waals surface area contributed by atoms with Crippen LogP contribution in [0.4, 0.5) is 0 Å². The summed E-state index contributed by atoms with van der Waals surface area (Å²) in [4.78, 5) is 17.8. The maximum absolute atomic E-state index is 11.1. The Kier molecular flexibility index (Phi) is 3.60. The monoisotopic (exact) mass is 352 g/mol. The first kappa shape index (κ1) is 15.8. The zero-order chi connectivity index (χ0) is 17.7. The number of likely N-dealkylation sites (N-methyl/N-ethyl adjacent to an activating group) is 1. The van der Waals surface area contributed by atoms with Crippen molar-refractivity contribution in [2.45, 2.75) is 19.5 Å². The lowest BCUT2D eigenvalue weighted by Gasteiger charge is -2.31. The Balaban J connectivity index is 1.92. The summed E-state index contributed by atoms with van der Waals surface area (Å²) >= 11 is 1.12. The fraction of sp³-hybridized carbons (Fsp3) is 0.278. The Morgan fingerprint density at radius 1 is 1.44 bits per heavy atom. The van der Waals surface area contributed by atoms with Crippen molar-refractivity contribution in [1.82, 2.24) is 14.5 Å². The number of carboxylic acid groups (broad SMARTS) is 1. The minimum absolute atomic E-state index is 0.194. The lowest BCUT2D eigenvalue weighted by atomic mass is 10.1. The number of aromatic carboxylic acids is 1. The predicted molar refractivity (Wildman–Crippen MR) is 95.8 cm³/mol. The van der Waals surface area contributed by atoms with Crippen LogP contribution in [0.3, 0.4) is 0 Å². The molecule has 1 aromatic carbocycles. The van der Waals surface area contributed by atoms with Gasteiger partial charge in [0.05, 0.1) is 17.3 Å². The Bertz CT molecular complexity index is 1040. The molecule has 0 fully saturated rings. The second-order valence-electron chi connectivity index (χ2n) is 6.46. The molecular weight excluding hydrogens is 336 g/mol. The van der Waals surface area contributed by atoms with E-state index < -0.39 is 5.97 Å². The van der Waals surface area contributed by atoms with E-state index in [1.165, 1.54) is 11.9 Å². The van der Waals surface area contributed by atoms with Gasteiger partial charge in [0, 0.05) is 35.8 Å². The third kappa shape index (κ3) is 2.51. The fourth-order valence-corrected chi connectivity index (χ4v) is 4.38. The Morgan fingerprint density at radius 2 is 2.24 bits per heavy atom. The van der Waals surface area contributed by atoms with Crippen LogP contribution in [-0.4, -0.2) is 39.1 Å². The van der Waals surface area contributed by atoms with Crippen molar-refractivity contribution in [2.24, 2.45) is 0 Å². The molecule has 3 heterocycles. The molecule has 2 aromatic heterocycles. The van der Waals surface area contributed by atoms with Crippen molar-refractivity contribution in [3.05, 3.63) is 40.5 Å². The first-order valence-electron chi connectivity index (χ1n) is 7.94. The standard InChI is InChI=1S/C18H16N4O2S/c1-10-8-21(2)9-14-5-11-3-12(4-13(6-19)16(11)22(10)14)17-20-7-15(25-17)18(23)24/h3-5,7,10H,8-9H2,1-2H3,(H,23,24)/t10-/m0/s1. The SMILES string of the molecule is C[C@H]1CN(C)Cc2cc3cc(-c4ncc(C(=O)O)s4)cc(C#N)c3n21. The molecule has 4 rings (SSSR count). The molecule has 0 saturated heterocycles. The highest BCUT2D eigenvalue weighted by molar-refractivity contribution is 7.16. The molecule has 0 amide bonds. The Hall–Kier alpha value is -2.69. The first-order chi connectivity index (χ1) is 12.0. The maximum atomic E-state index is 11.1. The number of hydrogen-bond acceptors (Lipinski definition) is 5. The smallest absolute Gasteiger partial charge is 0.347 e. The average molecular weight is 352 g/mol. The summed E-state index contributed by atoms with van der Waals surface area (Å²) in [6, 6.07) is 8.53. The first-order valence-corrected chi connectivity index (χ1v) is 8.75. The van der Waals surface area contributed by atoms with Crippen LogP contribution >= 0.6 is 11.3 Å². The lowest BCUT2D eigenvalue weighted by molar-refractivity contribution is 0.0702. The molecule has 0 aliphatic carbocycles. The van der Waals surface area contributed by atoms with E-state index in [2.05, 4.69) is 40.6 Å². The number of carbonyl (C=O) groups is 1. The number of rotatable bonds is 2. The average Bonchev–Trinajstić information content (AvgIpc) is 3.17. The van der Waals surface area contributed by atoms with Crippen molar-refractivity contribution in [3.63, 3.8) is 0 Å². The van der Waals surface area contributed by atoms with Gasteiger partial charge in [-0.15, -0.1) is 11.3 Å². The van der Waals surface area contributed by atoms with Crippen molar-refractivity contribution < 1.29 is 9.90 Å². The largest absolute Gasteiger partial charge is 0.477 e. The molecule has 3 aromatic rings. The van der Waals surface area contributed by atoms with E-state index >= 15 is 0 Å². The van der Waals surface area contributed by atoms with Gasteiger partial charge in [0.15, 0.2) is 0 Å². The normalized spacial score (nSPS) is 17.4. The van der Waals surface area contributed by atoms with E-state index in [9.17, 15) is 10.1 Å². The summed E-state index contributed by atoms with van der Waals surface area (Å²) in [6.07, 6.45) is 1.36. The van der Waals surface area contributed by atoms with E-state index in [4.69, 9.17) is 5.11 Å². The van der Waals surface area contributed by atoms with Crippen molar-refractivity contribution in [3.8, 4) is 16.6 Å². The summed E-state index contributed by atoms with van der Waals surface area (Å²) in [5.74, 6) is -0.985. The summed E-state index contributed by atoms with van der Waals surface area (Å²) in [6.45, 7) is 3.95. The Labute approximate surface area is 148 Å². The second kappa shape index (κ2) is 5.69. The summed E-state index contributed by atoms with van der Waals surface area (Å²) < 4.78 is 2.25. The van der Waals surface area contributed by atoms with E-state index in [0.29, 0.717) is 16.6 Å². The summed E-state index contributed by atoms with van der Waals surface area (Å²) in [5, 5.41) is 20.4. The van der Waals surface area contributed by atoms with Gasteiger partial charge < -0.3 is 9.67 Å². The lowest BCUT2D eigenvalue weighted by Crippen LogP contribution is -2.32. The molecule has 0 unspecified atom stereocenters. The van der Waals surface area contributed by atoms with Crippen LogP contribution in [-0.2, 0) is 6.54 Å². The molecule has 1 aliphatic rings. The van der Waals surface area contributed by atoms with Gasteiger partial charge >= 0.3 is 5.97 Å². The van der Waals surface area contributed by atoms with E-state index in [1.54, 1.807) is 0 Å². The number of nitriles is 1. The van der Waals surface area contributed by atoms with Gasteiger partial charge in [-0.2, -0.15) is 5.26 Å². The minimum Gasteiger partial charge on any atom is -0.477 e. The van der Waals surface area contributed by atoms with E-state index in [0.717, 1.165) is 40.9 Å². The Morgan fingerprint density at radius 3 is 2.92 bits per heavy atom. The zero-order valence-electron chi connectivity index (χ0n) is 13.9. The molecule has 0 radical (unpaired) electrons. The van der Waals surface area contributed by atoms with E-state index in [-0.39, 0.29) is 4.88 Å². The highest BCUT2D eigenvalue weighted by Gasteiger charge is 2.24. The van der Waals surface area contributed by atoms with Crippen molar-refractivity contribution in [2.75, 3.05) is 13.6 Å². The van der Waals surface area contributed by atoms with Crippen LogP contribution in [0, 0.1) is 11.3 Å². The van der Waals surface area contributed by atoms with Crippen LogP contribution in [0.15, 0.2) is 24.4 Å². The van der Waals surface area contributed by atoms with Gasteiger partial charge in [-0.3, -0.25) is 4.90 Å². The van der Waals surface area contributed by atoms with Gasteiger partial charge in [-0.05, 0) is 32.2 Å². The molecule has 1 atom stereocenters. The molecule has 7 heteroatoms. The molecule has 0 saturated carbocycles. The third-order valence-corrected chi connectivity index (χ3v) is 5.58. The summed E-state index contributed by atoms with van der Waals surface area (Å²) in [5.41, 5.74) is 3.53. The second-order valence-corrected chi connectivity index (χ2v) is 7.49.